The topological polar surface area (TPSA) is 64.6 Å². The minimum Gasteiger partial charge on any atom is -0.356 e. The highest BCUT2D eigenvalue weighted by Crippen LogP contribution is 2.24. The number of aromatic nitrogens is 2. The van der Waals surface area contributed by atoms with Crippen molar-refractivity contribution >= 4 is 35.0 Å². The molecule has 2 amide bonds. The van der Waals surface area contributed by atoms with Crippen molar-refractivity contribution in [3.05, 3.63) is 40.7 Å². The molecule has 0 radical (unpaired) electrons. The van der Waals surface area contributed by atoms with E-state index in [1.54, 1.807) is 6.07 Å². The Bertz CT molecular complexity index is 906. The summed E-state index contributed by atoms with van der Waals surface area (Å²) in [6.45, 7) is 8.81. The van der Waals surface area contributed by atoms with Crippen LogP contribution in [0.3, 0.4) is 0 Å². The van der Waals surface area contributed by atoms with Crippen molar-refractivity contribution in [2.75, 3.05) is 54.4 Å². The minimum atomic E-state index is -0.0950. The zero-order valence-electron chi connectivity index (χ0n) is 17.7. The first-order valence-corrected chi connectivity index (χ1v) is 11.0. The van der Waals surface area contributed by atoms with E-state index < -0.39 is 0 Å². The first-order valence-electron chi connectivity index (χ1n) is 10.7. The van der Waals surface area contributed by atoms with Gasteiger partial charge in [0.1, 0.15) is 17.5 Å². The molecule has 30 heavy (non-hydrogen) atoms. The van der Waals surface area contributed by atoms with Gasteiger partial charge in [0.05, 0.1) is 0 Å². The number of hydrogen-bond acceptors (Lipinski definition) is 5. The summed E-state index contributed by atoms with van der Waals surface area (Å²) in [5, 5.41) is 3.60. The highest BCUT2D eigenvalue weighted by atomic mass is 35.5. The van der Waals surface area contributed by atoms with E-state index in [4.69, 9.17) is 11.6 Å². The fourth-order valence-electron chi connectivity index (χ4n) is 4.00. The van der Waals surface area contributed by atoms with Crippen LogP contribution in [-0.2, 0) is 0 Å². The molecule has 7 nitrogen and oxygen atoms in total. The Morgan fingerprint density at radius 3 is 2.17 bits per heavy atom. The van der Waals surface area contributed by atoms with E-state index in [1.165, 1.54) is 19.3 Å². The van der Waals surface area contributed by atoms with Crippen molar-refractivity contribution in [2.24, 2.45) is 0 Å². The summed E-state index contributed by atoms with van der Waals surface area (Å²) in [7, 11) is 0. The van der Waals surface area contributed by atoms with Crippen LogP contribution in [0.15, 0.2) is 24.3 Å². The van der Waals surface area contributed by atoms with E-state index in [2.05, 4.69) is 31.2 Å². The van der Waals surface area contributed by atoms with Crippen LogP contribution in [0.25, 0.3) is 0 Å². The van der Waals surface area contributed by atoms with Gasteiger partial charge < -0.3 is 20.0 Å². The van der Waals surface area contributed by atoms with Crippen LogP contribution in [0.1, 0.15) is 30.7 Å². The maximum Gasteiger partial charge on any atom is 0.321 e. The quantitative estimate of drug-likeness (QED) is 0.797. The van der Waals surface area contributed by atoms with Crippen molar-refractivity contribution in [3.63, 3.8) is 0 Å². The Balaban J connectivity index is 1.37. The largest absolute Gasteiger partial charge is 0.356 e. The number of nitrogens with zero attached hydrogens (tertiary/aromatic N) is 5. The van der Waals surface area contributed by atoms with E-state index in [9.17, 15) is 4.79 Å². The summed E-state index contributed by atoms with van der Waals surface area (Å²) in [5.41, 5.74) is 1.71. The Kier molecular flexibility index (Phi) is 6.27. The number of hydrogen-bond donors (Lipinski definition) is 1. The molecule has 1 aromatic heterocycles. The number of nitrogens with one attached hydrogen (secondary N) is 1. The van der Waals surface area contributed by atoms with Gasteiger partial charge in [0, 0.05) is 56.0 Å². The summed E-state index contributed by atoms with van der Waals surface area (Å²) >= 11 is 6.16. The summed E-state index contributed by atoms with van der Waals surface area (Å²) in [4.78, 5) is 28.4. The van der Waals surface area contributed by atoms with Crippen molar-refractivity contribution in [1.82, 2.24) is 14.9 Å². The number of halogens is 1. The van der Waals surface area contributed by atoms with Crippen LogP contribution >= 0.6 is 11.6 Å². The van der Waals surface area contributed by atoms with Gasteiger partial charge in [-0.05, 0) is 50.8 Å². The molecule has 160 valence electrons. The average molecular weight is 429 g/mol. The Morgan fingerprint density at radius 2 is 1.53 bits per heavy atom. The van der Waals surface area contributed by atoms with Crippen molar-refractivity contribution in [1.29, 1.82) is 0 Å². The highest BCUT2D eigenvalue weighted by molar-refractivity contribution is 6.31. The fourth-order valence-corrected chi connectivity index (χ4v) is 4.18. The SMILES string of the molecule is Cc1nc(N2CCCCC2)cc(N2CCN(C(=O)Nc3ccc(C)c(Cl)c3)CC2)n1. The number of piperazine rings is 1. The van der Waals surface area contributed by atoms with Crippen LogP contribution in [-0.4, -0.2) is 60.2 Å². The number of carbonyl (C=O) groups is 1. The van der Waals surface area contributed by atoms with Crippen molar-refractivity contribution in [3.8, 4) is 0 Å². The van der Waals surface area contributed by atoms with E-state index in [-0.39, 0.29) is 6.03 Å². The third-order valence-corrected chi connectivity index (χ3v) is 6.21. The number of anilines is 3. The molecule has 0 bridgehead atoms. The van der Waals surface area contributed by atoms with Gasteiger partial charge in [-0.25, -0.2) is 14.8 Å². The number of aryl methyl sites for hydroxylation is 2. The van der Waals surface area contributed by atoms with Gasteiger partial charge in [-0.1, -0.05) is 17.7 Å². The number of carbonyl (C=O) groups excluding carboxylic acids is 1. The normalized spacial score (nSPS) is 17.2. The molecule has 0 saturated carbocycles. The predicted molar refractivity (Wildman–Crippen MR) is 122 cm³/mol. The van der Waals surface area contributed by atoms with Crippen LogP contribution in [0.5, 0.6) is 0 Å². The van der Waals surface area contributed by atoms with Gasteiger partial charge >= 0.3 is 6.03 Å². The van der Waals surface area contributed by atoms with Gasteiger partial charge in [0.25, 0.3) is 0 Å². The van der Waals surface area contributed by atoms with Gasteiger partial charge in [0.2, 0.25) is 0 Å². The fraction of sp³-hybridized carbons (Fsp3) is 0.500. The monoisotopic (exact) mass is 428 g/mol. The lowest BCUT2D eigenvalue weighted by Crippen LogP contribution is -2.50. The van der Waals surface area contributed by atoms with Crippen LogP contribution in [0.4, 0.5) is 22.1 Å². The molecule has 2 aromatic rings. The Hall–Kier alpha value is -2.54. The first-order chi connectivity index (χ1) is 14.5. The number of amides is 2. The van der Waals surface area contributed by atoms with E-state index >= 15 is 0 Å². The smallest absolute Gasteiger partial charge is 0.321 e. The van der Waals surface area contributed by atoms with Crippen LogP contribution in [0.2, 0.25) is 5.02 Å². The molecule has 3 heterocycles. The minimum absolute atomic E-state index is 0.0950. The molecule has 0 spiro atoms. The number of rotatable bonds is 3. The molecule has 2 aliphatic heterocycles. The lowest BCUT2D eigenvalue weighted by molar-refractivity contribution is 0.208. The molecular formula is C22H29ClN6O. The molecule has 0 atom stereocenters. The van der Waals surface area contributed by atoms with Crippen LogP contribution < -0.4 is 15.1 Å². The maximum atomic E-state index is 12.6. The lowest BCUT2D eigenvalue weighted by atomic mass is 10.1. The summed E-state index contributed by atoms with van der Waals surface area (Å²) in [5.74, 6) is 2.77. The molecule has 0 unspecified atom stereocenters. The van der Waals surface area contributed by atoms with Gasteiger partial charge in [0.15, 0.2) is 0 Å². The molecule has 1 N–H and O–H groups in total. The summed E-state index contributed by atoms with van der Waals surface area (Å²) < 4.78 is 0. The Labute approximate surface area is 183 Å². The van der Waals surface area contributed by atoms with Crippen molar-refractivity contribution < 1.29 is 4.79 Å². The molecule has 8 heteroatoms. The van der Waals surface area contributed by atoms with Gasteiger partial charge in [-0.2, -0.15) is 0 Å². The third kappa shape index (κ3) is 4.78. The predicted octanol–water partition coefficient (Wildman–Crippen LogP) is 4.09. The third-order valence-electron chi connectivity index (χ3n) is 5.80. The molecule has 1 aromatic carbocycles. The number of urea groups is 1. The number of piperidine rings is 1. The van der Waals surface area contributed by atoms with Gasteiger partial charge in [-0.15, -0.1) is 0 Å². The van der Waals surface area contributed by atoms with E-state index in [0.717, 1.165) is 54.9 Å². The maximum absolute atomic E-state index is 12.6. The molecule has 2 fully saturated rings. The Morgan fingerprint density at radius 1 is 0.900 bits per heavy atom. The zero-order chi connectivity index (χ0) is 21.1. The molecule has 0 aliphatic carbocycles. The molecule has 2 aliphatic rings. The lowest BCUT2D eigenvalue weighted by Gasteiger charge is -2.36. The highest BCUT2D eigenvalue weighted by Gasteiger charge is 2.23. The molecule has 2 saturated heterocycles. The van der Waals surface area contributed by atoms with Crippen LogP contribution in [0, 0.1) is 13.8 Å². The standard InChI is InChI=1S/C22H29ClN6O/c1-16-6-7-18(14-19(16)23)26-22(30)29-12-10-28(11-13-29)21-15-20(24-17(2)25-21)27-8-4-3-5-9-27/h6-7,14-15H,3-5,8-13H2,1-2H3,(H,26,30). The summed E-state index contributed by atoms with van der Waals surface area (Å²) in [6, 6.07) is 7.58. The second kappa shape index (κ2) is 9.08. The summed E-state index contributed by atoms with van der Waals surface area (Å²) in [6.07, 6.45) is 3.74. The second-order valence-electron chi connectivity index (χ2n) is 8.05. The second-order valence-corrected chi connectivity index (χ2v) is 8.45. The van der Waals surface area contributed by atoms with E-state index in [0.29, 0.717) is 18.1 Å². The van der Waals surface area contributed by atoms with Crippen molar-refractivity contribution in [2.45, 2.75) is 33.1 Å². The first kappa shape index (κ1) is 20.7. The average Bonchev–Trinajstić information content (AvgIpc) is 2.76. The van der Waals surface area contributed by atoms with Gasteiger partial charge in [-0.3, -0.25) is 0 Å². The zero-order valence-corrected chi connectivity index (χ0v) is 18.5. The van der Waals surface area contributed by atoms with E-state index in [1.807, 2.05) is 30.9 Å². The number of benzene rings is 1. The molecular weight excluding hydrogens is 400 g/mol. The molecule has 4 rings (SSSR count).